The Hall–Kier alpha value is -0.860. The molecule has 1 aromatic rings. The van der Waals surface area contributed by atoms with E-state index in [0.29, 0.717) is 5.92 Å². The highest BCUT2D eigenvalue weighted by Gasteiger charge is 2.15. The van der Waals surface area contributed by atoms with Gasteiger partial charge in [-0.2, -0.15) is 0 Å². The molecule has 0 bridgehead atoms. The van der Waals surface area contributed by atoms with E-state index in [1.165, 1.54) is 24.0 Å². The smallest absolute Gasteiger partial charge is 0.0951 e. The minimum absolute atomic E-state index is 0.169. The van der Waals surface area contributed by atoms with Crippen LogP contribution in [-0.4, -0.2) is 19.7 Å². The highest BCUT2D eigenvalue weighted by Crippen LogP contribution is 2.22. The molecule has 2 atom stereocenters. The predicted molar refractivity (Wildman–Crippen MR) is 87.1 cm³/mol. The molecule has 20 heavy (non-hydrogen) atoms. The van der Waals surface area contributed by atoms with Crippen molar-refractivity contribution in [1.82, 2.24) is 5.32 Å². The molecule has 1 rings (SSSR count). The molecule has 0 fully saturated rings. The van der Waals surface area contributed by atoms with E-state index in [0.717, 1.165) is 26.1 Å². The summed E-state index contributed by atoms with van der Waals surface area (Å²) >= 11 is 0. The van der Waals surface area contributed by atoms with Crippen molar-refractivity contribution in [1.29, 1.82) is 0 Å². The average Bonchev–Trinajstić information content (AvgIpc) is 2.44. The van der Waals surface area contributed by atoms with Crippen LogP contribution >= 0.6 is 0 Å². The van der Waals surface area contributed by atoms with Gasteiger partial charge in [0.05, 0.1) is 12.7 Å². The summed E-state index contributed by atoms with van der Waals surface area (Å²) < 4.78 is 6.21. The summed E-state index contributed by atoms with van der Waals surface area (Å²) in [6, 6.07) is 8.56. The van der Waals surface area contributed by atoms with Crippen molar-refractivity contribution in [2.24, 2.45) is 5.92 Å². The lowest BCUT2D eigenvalue weighted by molar-refractivity contribution is 0.0297. The van der Waals surface area contributed by atoms with Crippen molar-refractivity contribution in [3.63, 3.8) is 0 Å². The van der Waals surface area contributed by atoms with Crippen LogP contribution in [0.5, 0.6) is 0 Å². The van der Waals surface area contributed by atoms with Gasteiger partial charge < -0.3 is 10.1 Å². The zero-order valence-corrected chi connectivity index (χ0v) is 13.6. The monoisotopic (exact) mass is 277 g/mol. The minimum Gasteiger partial charge on any atom is -0.372 e. The minimum atomic E-state index is 0.169. The Morgan fingerprint density at radius 3 is 2.55 bits per heavy atom. The van der Waals surface area contributed by atoms with E-state index in [1.54, 1.807) is 0 Å². The third-order valence-electron chi connectivity index (χ3n) is 3.66. The topological polar surface area (TPSA) is 21.3 Å². The quantitative estimate of drug-likeness (QED) is 0.636. The Balaban J connectivity index is 2.62. The molecule has 0 aliphatic rings. The molecule has 0 aliphatic carbocycles. The fourth-order valence-corrected chi connectivity index (χ4v) is 2.47. The highest BCUT2D eigenvalue weighted by atomic mass is 16.5. The van der Waals surface area contributed by atoms with Crippen LogP contribution in [0.1, 0.15) is 57.3 Å². The summed E-state index contributed by atoms with van der Waals surface area (Å²) in [4.78, 5) is 0. The van der Waals surface area contributed by atoms with Crippen molar-refractivity contribution in [2.75, 3.05) is 19.7 Å². The maximum atomic E-state index is 6.21. The van der Waals surface area contributed by atoms with Gasteiger partial charge in [-0.1, -0.05) is 51.5 Å². The van der Waals surface area contributed by atoms with Gasteiger partial charge in [0, 0.05) is 6.54 Å². The summed E-state index contributed by atoms with van der Waals surface area (Å²) in [7, 11) is 0. The van der Waals surface area contributed by atoms with Crippen LogP contribution in [0.15, 0.2) is 24.3 Å². The van der Waals surface area contributed by atoms with Gasteiger partial charge in [0.25, 0.3) is 0 Å². The van der Waals surface area contributed by atoms with Gasteiger partial charge in [-0.15, -0.1) is 0 Å². The van der Waals surface area contributed by atoms with E-state index in [9.17, 15) is 0 Å². The van der Waals surface area contributed by atoms with Crippen LogP contribution in [0, 0.1) is 12.8 Å². The molecule has 0 saturated carbocycles. The van der Waals surface area contributed by atoms with Crippen LogP contribution < -0.4 is 5.32 Å². The number of rotatable bonds is 10. The van der Waals surface area contributed by atoms with Gasteiger partial charge in [-0.25, -0.2) is 0 Å². The summed E-state index contributed by atoms with van der Waals surface area (Å²) in [6.45, 7) is 11.7. The summed E-state index contributed by atoms with van der Waals surface area (Å²) in [6.07, 6.45) is 3.80. The standard InChI is InChI=1S/C18H31NO/c1-5-9-15(3)14-20-18(13-19-12-6-2)17-11-8-7-10-16(17)4/h7-8,10-11,15,18-19H,5-6,9,12-14H2,1-4H3. The molecule has 0 heterocycles. The molecule has 0 radical (unpaired) electrons. The fourth-order valence-electron chi connectivity index (χ4n) is 2.47. The third-order valence-corrected chi connectivity index (χ3v) is 3.66. The van der Waals surface area contributed by atoms with Crippen LogP contribution in [0.2, 0.25) is 0 Å². The zero-order valence-electron chi connectivity index (χ0n) is 13.6. The van der Waals surface area contributed by atoms with Crippen LogP contribution in [0.25, 0.3) is 0 Å². The first-order valence-electron chi connectivity index (χ1n) is 8.06. The van der Waals surface area contributed by atoms with Crippen LogP contribution in [-0.2, 0) is 4.74 Å². The number of benzene rings is 1. The maximum Gasteiger partial charge on any atom is 0.0951 e. The molecular formula is C18H31NO. The second-order valence-corrected chi connectivity index (χ2v) is 5.78. The van der Waals surface area contributed by atoms with Crippen molar-refractivity contribution in [2.45, 2.75) is 53.1 Å². The summed E-state index contributed by atoms with van der Waals surface area (Å²) in [5, 5.41) is 3.49. The number of nitrogens with one attached hydrogen (secondary N) is 1. The van der Waals surface area contributed by atoms with E-state index in [1.807, 2.05) is 0 Å². The summed E-state index contributed by atoms with van der Waals surface area (Å²) in [5.41, 5.74) is 2.64. The lowest BCUT2D eigenvalue weighted by Gasteiger charge is -2.22. The molecule has 0 aromatic heterocycles. The third kappa shape index (κ3) is 6.06. The highest BCUT2D eigenvalue weighted by molar-refractivity contribution is 5.28. The van der Waals surface area contributed by atoms with Crippen molar-refractivity contribution in [3.05, 3.63) is 35.4 Å². The molecule has 114 valence electrons. The lowest BCUT2D eigenvalue weighted by Crippen LogP contribution is -2.25. The van der Waals surface area contributed by atoms with E-state index in [-0.39, 0.29) is 6.10 Å². The van der Waals surface area contributed by atoms with E-state index >= 15 is 0 Å². The number of ether oxygens (including phenoxy) is 1. The van der Waals surface area contributed by atoms with Crippen molar-refractivity contribution >= 4 is 0 Å². The van der Waals surface area contributed by atoms with Gasteiger partial charge >= 0.3 is 0 Å². The first kappa shape index (κ1) is 17.2. The van der Waals surface area contributed by atoms with Crippen molar-refractivity contribution in [3.8, 4) is 0 Å². The molecule has 0 spiro atoms. The Labute approximate surface area is 124 Å². The normalized spacial score (nSPS) is 14.2. The Bertz CT molecular complexity index is 364. The number of hydrogen-bond acceptors (Lipinski definition) is 2. The molecule has 2 heteroatoms. The van der Waals surface area contributed by atoms with E-state index in [2.05, 4.69) is 57.3 Å². The molecule has 0 saturated heterocycles. The Morgan fingerprint density at radius 2 is 1.90 bits per heavy atom. The van der Waals surface area contributed by atoms with Gasteiger partial charge in [0.1, 0.15) is 0 Å². The fraction of sp³-hybridized carbons (Fsp3) is 0.667. The Kier molecular flexibility index (Phi) is 8.56. The molecule has 1 aromatic carbocycles. The van der Waals surface area contributed by atoms with Gasteiger partial charge in [0.2, 0.25) is 0 Å². The van der Waals surface area contributed by atoms with E-state index < -0.39 is 0 Å². The largest absolute Gasteiger partial charge is 0.372 e. The molecular weight excluding hydrogens is 246 g/mol. The molecule has 2 nitrogen and oxygen atoms in total. The maximum absolute atomic E-state index is 6.21. The van der Waals surface area contributed by atoms with Crippen LogP contribution in [0.3, 0.4) is 0 Å². The second-order valence-electron chi connectivity index (χ2n) is 5.78. The SMILES string of the molecule is CCCNCC(OCC(C)CCC)c1ccccc1C. The lowest BCUT2D eigenvalue weighted by atomic mass is 10.0. The molecule has 0 amide bonds. The number of hydrogen-bond donors (Lipinski definition) is 1. The van der Waals surface area contributed by atoms with E-state index in [4.69, 9.17) is 4.74 Å². The zero-order chi connectivity index (χ0) is 14.8. The molecule has 1 N–H and O–H groups in total. The van der Waals surface area contributed by atoms with Gasteiger partial charge in [-0.3, -0.25) is 0 Å². The predicted octanol–water partition coefficient (Wildman–Crippen LogP) is 4.49. The number of aryl methyl sites for hydroxylation is 1. The molecule has 0 aliphatic heterocycles. The first-order chi connectivity index (χ1) is 9.69. The van der Waals surface area contributed by atoms with Crippen molar-refractivity contribution < 1.29 is 4.74 Å². The van der Waals surface area contributed by atoms with Gasteiger partial charge in [-0.05, 0) is 43.4 Å². The Morgan fingerprint density at radius 1 is 1.15 bits per heavy atom. The average molecular weight is 277 g/mol. The molecule has 2 unspecified atom stereocenters. The van der Waals surface area contributed by atoms with Crippen LogP contribution in [0.4, 0.5) is 0 Å². The van der Waals surface area contributed by atoms with Gasteiger partial charge in [0.15, 0.2) is 0 Å². The second kappa shape index (κ2) is 9.95. The first-order valence-corrected chi connectivity index (χ1v) is 8.06. The summed E-state index contributed by atoms with van der Waals surface area (Å²) in [5.74, 6) is 0.637.